The third-order valence-electron chi connectivity index (χ3n) is 3.68. The van der Waals surface area contributed by atoms with E-state index in [4.69, 9.17) is 49.0 Å². The van der Waals surface area contributed by atoms with Crippen molar-refractivity contribution in [2.45, 2.75) is 0 Å². The Kier molecular flexibility index (Phi) is 6.29. The minimum absolute atomic E-state index is 0.0962. The molecule has 0 aliphatic carbocycles. The van der Waals surface area contributed by atoms with Crippen LogP contribution in [0, 0.1) is 0 Å². The van der Waals surface area contributed by atoms with Crippen LogP contribution in [0.25, 0.3) is 6.08 Å². The third-order valence-corrected chi connectivity index (χ3v) is 4.51. The van der Waals surface area contributed by atoms with Gasteiger partial charge in [0.05, 0.1) is 22.7 Å². The van der Waals surface area contributed by atoms with E-state index < -0.39 is 5.97 Å². The lowest BCUT2D eigenvalue weighted by molar-refractivity contribution is -0.129. The lowest BCUT2D eigenvalue weighted by Crippen LogP contribution is -2.05. The zero-order valence-corrected chi connectivity index (χ0v) is 16.9. The number of carbonyl (C=O) groups is 1. The topological polar surface area (TPSA) is 57.1 Å². The molecule has 0 unspecified atom stereocenters. The van der Waals surface area contributed by atoms with Crippen molar-refractivity contribution in [2.24, 2.45) is 4.99 Å². The first kappa shape index (κ1) is 20.3. The predicted molar refractivity (Wildman–Crippen MR) is 111 cm³/mol. The van der Waals surface area contributed by atoms with Crippen molar-refractivity contribution in [3.63, 3.8) is 0 Å². The number of nitrogens with zero attached hydrogens (tertiary/aromatic N) is 1. The summed E-state index contributed by atoms with van der Waals surface area (Å²) in [6.45, 7) is 3.87. The van der Waals surface area contributed by atoms with Crippen LogP contribution in [-0.2, 0) is 9.53 Å². The fourth-order valence-electron chi connectivity index (χ4n) is 2.45. The van der Waals surface area contributed by atoms with Gasteiger partial charge in [-0.2, -0.15) is 0 Å². The van der Waals surface area contributed by atoms with Crippen LogP contribution in [0.4, 0.5) is 0 Å². The Balaban J connectivity index is 1.96. The molecular formula is C20H14Cl3NO4. The third kappa shape index (κ3) is 4.33. The van der Waals surface area contributed by atoms with Gasteiger partial charge in [0, 0.05) is 5.02 Å². The van der Waals surface area contributed by atoms with Crippen LogP contribution in [0.3, 0.4) is 0 Å². The average molecular weight is 439 g/mol. The van der Waals surface area contributed by atoms with E-state index in [1.165, 1.54) is 13.2 Å². The fraction of sp³-hybridized carbons (Fsp3) is 0.100. The molecule has 0 atom stereocenters. The molecule has 0 aromatic heterocycles. The molecule has 1 aliphatic heterocycles. The molecule has 1 heterocycles. The Bertz CT molecular complexity index is 1010. The number of benzene rings is 2. The molecule has 0 N–H and O–H groups in total. The van der Waals surface area contributed by atoms with E-state index in [-0.39, 0.29) is 18.2 Å². The number of ether oxygens (including phenoxy) is 3. The smallest absolute Gasteiger partial charge is 0.363 e. The summed E-state index contributed by atoms with van der Waals surface area (Å²) >= 11 is 18.3. The van der Waals surface area contributed by atoms with Gasteiger partial charge < -0.3 is 14.2 Å². The van der Waals surface area contributed by atoms with Crippen molar-refractivity contribution >= 4 is 52.7 Å². The van der Waals surface area contributed by atoms with Gasteiger partial charge in [0.2, 0.25) is 5.90 Å². The second-order valence-electron chi connectivity index (χ2n) is 5.59. The summed E-state index contributed by atoms with van der Waals surface area (Å²) in [4.78, 5) is 16.4. The zero-order valence-electron chi connectivity index (χ0n) is 14.7. The highest BCUT2D eigenvalue weighted by Crippen LogP contribution is 2.37. The number of carbonyl (C=O) groups excluding carboxylic acids is 1. The molecule has 2 aromatic rings. The van der Waals surface area contributed by atoms with Gasteiger partial charge >= 0.3 is 5.97 Å². The minimum atomic E-state index is -0.608. The predicted octanol–water partition coefficient (Wildman–Crippen LogP) is 5.56. The largest absolute Gasteiger partial charge is 0.493 e. The van der Waals surface area contributed by atoms with Crippen molar-refractivity contribution in [1.82, 2.24) is 0 Å². The van der Waals surface area contributed by atoms with Gasteiger partial charge in [-0.25, -0.2) is 9.79 Å². The van der Waals surface area contributed by atoms with Crippen LogP contribution < -0.4 is 9.47 Å². The van der Waals surface area contributed by atoms with Crippen LogP contribution in [0.1, 0.15) is 11.1 Å². The highest BCUT2D eigenvalue weighted by atomic mass is 35.5. The Morgan fingerprint density at radius 3 is 2.64 bits per heavy atom. The maximum Gasteiger partial charge on any atom is 0.363 e. The number of cyclic esters (lactones) is 1. The lowest BCUT2D eigenvalue weighted by atomic mass is 10.1. The van der Waals surface area contributed by atoms with Gasteiger partial charge in [-0.1, -0.05) is 47.5 Å². The summed E-state index contributed by atoms with van der Waals surface area (Å²) in [5.74, 6) is 0.292. The first-order chi connectivity index (χ1) is 13.4. The summed E-state index contributed by atoms with van der Waals surface area (Å²) in [6.07, 6.45) is 3.13. The van der Waals surface area contributed by atoms with Crippen LogP contribution in [0.15, 0.2) is 53.7 Å². The molecule has 0 bridgehead atoms. The molecule has 1 aliphatic rings. The maximum absolute atomic E-state index is 12.2. The Morgan fingerprint density at radius 1 is 1.18 bits per heavy atom. The molecule has 28 heavy (non-hydrogen) atoms. The van der Waals surface area contributed by atoms with Crippen LogP contribution in [-0.4, -0.2) is 25.6 Å². The van der Waals surface area contributed by atoms with E-state index in [0.29, 0.717) is 37.7 Å². The van der Waals surface area contributed by atoms with Crippen molar-refractivity contribution in [3.05, 3.63) is 74.9 Å². The Hall–Kier alpha value is -2.47. The van der Waals surface area contributed by atoms with Crippen molar-refractivity contribution in [2.75, 3.05) is 13.7 Å². The lowest BCUT2D eigenvalue weighted by Gasteiger charge is -2.12. The summed E-state index contributed by atoms with van der Waals surface area (Å²) in [7, 11) is 1.49. The highest BCUT2D eigenvalue weighted by molar-refractivity contribution is 6.37. The number of halogens is 3. The summed E-state index contributed by atoms with van der Waals surface area (Å²) < 4.78 is 16.1. The molecule has 8 heteroatoms. The van der Waals surface area contributed by atoms with Gasteiger partial charge in [0.1, 0.15) is 6.61 Å². The van der Waals surface area contributed by atoms with Crippen LogP contribution in [0.5, 0.6) is 11.5 Å². The Morgan fingerprint density at radius 2 is 1.96 bits per heavy atom. The van der Waals surface area contributed by atoms with E-state index in [2.05, 4.69) is 11.6 Å². The summed E-state index contributed by atoms with van der Waals surface area (Å²) in [6, 6.07) is 8.11. The molecule has 0 amide bonds. The number of aliphatic imine (C=N–C) groups is 1. The second-order valence-corrected chi connectivity index (χ2v) is 6.84. The molecule has 0 radical (unpaired) electrons. The minimum Gasteiger partial charge on any atom is -0.493 e. The number of esters is 1. The second kappa shape index (κ2) is 8.69. The maximum atomic E-state index is 12.2. The van der Waals surface area contributed by atoms with E-state index in [1.54, 1.807) is 36.4 Å². The van der Waals surface area contributed by atoms with Gasteiger partial charge in [0.25, 0.3) is 0 Å². The van der Waals surface area contributed by atoms with Crippen molar-refractivity contribution in [1.29, 1.82) is 0 Å². The van der Waals surface area contributed by atoms with E-state index in [0.717, 1.165) is 0 Å². The zero-order chi connectivity index (χ0) is 20.3. The van der Waals surface area contributed by atoms with Crippen molar-refractivity contribution in [3.8, 4) is 11.5 Å². The molecule has 0 saturated heterocycles. The van der Waals surface area contributed by atoms with Crippen LogP contribution >= 0.6 is 34.8 Å². The normalized spacial score (nSPS) is 14.6. The van der Waals surface area contributed by atoms with E-state index in [1.807, 2.05) is 0 Å². The molecule has 3 rings (SSSR count). The number of rotatable bonds is 6. The summed E-state index contributed by atoms with van der Waals surface area (Å²) in [5.41, 5.74) is 1.15. The first-order valence-electron chi connectivity index (χ1n) is 8.02. The first-order valence-corrected chi connectivity index (χ1v) is 9.15. The standard InChI is InChI=1S/C20H14Cl3NO4/c1-3-6-27-18-15(23)7-11(9-17(18)26-2)8-16-20(25)28-19(24-16)13-5-4-12(21)10-14(13)22/h3-5,7-10H,1,6H2,2H3/b16-8-. The average Bonchev–Trinajstić information content (AvgIpc) is 3.00. The number of methoxy groups -OCH3 is 1. The van der Waals surface area contributed by atoms with E-state index in [9.17, 15) is 4.79 Å². The number of hydrogen-bond donors (Lipinski definition) is 0. The molecule has 144 valence electrons. The monoisotopic (exact) mass is 437 g/mol. The van der Waals surface area contributed by atoms with Crippen molar-refractivity contribution < 1.29 is 19.0 Å². The van der Waals surface area contributed by atoms with Gasteiger partial charge in [-0.15, -0.1) is 0 Å². The van der Waals surface area contributed by atoms with Gasteiger partial charge in [-0.05, 0) is 42.0 Å². The quantitative estimate of drug-likeness (QED) is 0.336. The van der Waals surface area contributed by atoms with E-state index >= 15 is 0 Å². The molecule has 5 nitrogen and oxygen atoms in total. The molecule has 0 saturated carbocycles. The molecule has 2 aromatic carbocycles. The molecular weight excluding hydrogens is 425 g/mol. The fourth-order valence-corrected chi connectivity index (χ4v) is 3.21. The number of hydrogen-bond acceptors (Lipinski definition) is 5. The Labute approximate surface area is 176 Å². The highest BCUT2D eigenvalue weighted by Gasteiger charge is 2.26. The summed E-state index contributed by atoms with van der Waals surface area (Å²) in [5, 5.41) is 1.12. The van der Waals surface area contributed by atoms with Gasteiger partial charge in [-0.3, -0.25) is 0 Å². The SMILES string of the molecule is C=CCOc1c(Cl)cc(/C=C2\N=C(c3ccc(Cl)cc3Cl)OC2=O)cc1OC. The molecule has 0 spiro atoms. The van der Waals surface area contributed by atoms with Gasteiger partial charge in [0.15, 0.2) is 17.2 Å². The molecule has 0 fully saturated rings. The van der Waals surface area contributed by atoms with Crippen LogP contribution in [0.2, 0.25) is 15.1 Å².